The molecule has 0 bridgehead atoms. The lowest BCUT2D eigenvalue weighted by atomic mass is 10.1. The number of nitrogens with one attached hydrogen (secondary N) is 1. The number of nitrogens with zero attached hydrogens (tertiary/aromatic N) is 3. The fraction of sp³-hybridized carbons (Fsp3) is 0.438. The molecule has 1 aromatic heterocycles. The Hall–Kier alpha value is -2.51. The molecule has 1 aliphatic rings. The first kappa shape index (κ1) is 16.4. The van der Waals surface area contributed by atoms with Gasteiger partial charge in [-0.2, -0.15) is 4.98 Å². The van der Waals surface area contributed by atoms with Crippen LogP contribution in [0.3, 0.4) is 0 Å². The zero-order chi connectivity index (χ0) is 17.3. The first-order chi connectivity index (χ1) is 11.4. The van der Waals surface area contributed by atoms with E-state index in [-0.39, 0.29) is 49.1 Å². The van der Waals surface area contributed by atoms with Gasteiger partial charge in [-0.05, 0) is 38.1 Å². The van der Waals surface area contributed by atoms with Crippen molar-refractivity contribution in [2.45, 2.75) is 32.0 Å². The van der Waals surface area contributed by atoms with Crippen LogP contribution in [0.5, 0.6) is 0 Å². The molecular formula is C16H18F2N4O2. The monoisotopic (exact) mass is 336 g/mol. The summed E-state index contributed by atoms with van der Waals surface area (Å²) in [6.45, 7) is 3.80. The van der Waals surface area contributed by atoms with Crippen molar-refractivity contribution in [3.63, 3.8) is 0 Å². The number of rotatable bonds is 3. The Morgan fingerprint density at radius 1 is 1.38 bits per heavy atom. The van der Waals surface area contributed by atoms with Gasteiger partial charge in [-0.1, -0.05) is 5.16 Å². The minimum absolute atomic E-state index is 0.0272. The van der Waals surface area contributed by atoms with Crippen LogP contribution in [0.15, 0.2) is 28.8 Å². The Bertz CT molecular complexity index is 732. The molecule has 1 atom stereocenters. The second-order valence-corrected chi connectivity index (χ2v) is 6.17. The second kappa shape index (κ2) is 6.18. The molecule has 1 aromatic carbocycles. The van der Waals surface area contributed by atoms with Crippen LogP contribution >= 0.6 is 0 Å². The normalized spacial score (nSPS) is 20.6. The number of carbonyl (C=O) groups excluding carboxylic acids is 1. The number of carbonyl (C=O) groups is 1. The fourth-order valence-corrected chi connectivity index (χ4v) is 2.58. The van der Waals surface area contributed by atoms with Gasteiger partial charge < -0.3 is 14.7 Å². The predicted molar refractivity (Wildman–Crippen MR) is 82.3 cm³/mol. The molecule has 2 amide bonds. The number of benzene rings is 1. The van der Waals surface area contributed by atoms with Crippen molar-refractivity contribution in [1.29, 1.82) is 0 Å². The molecule has 8 heteroatoms. The Morgan fingerprint density at radius 2 is 2.08 bits per heavy atom. The maximum absolute atomic E-state index is 15.1. The highest BCUT2D eigenvalue weighted by Gasteiger charge is 2.46. The molecule has 0 aliphatic carbocycles. The Labute approximate surface area is 137 Å². The van der Waals surface area contributed by atoms with E-state index in [0.717, 1.165) is 0 Å². The summed E-state index contributed by atoms with van der Waals surface area (Å²) in [6, 6.07) is 5.18. The number of hydrogen-bond acceptors (Lipinski definition) is 4. The van der Waals surface area contributed by atoms with Crippen LogP contribution in [-0.2, 0) is 5.67 Å². The number of hydrogen-bond donors (Lipinski definition) is 1. The quantitative estimate of drug-likeness (QED) is 0.935. The van der Waals surface area contributed by atoms with Crippen molar-refractivity contribution < 1.29 is 18.1 Å². The molecule has 1 fully saturated rings. The minimum Gasteiger partial charge on any atom is -0.336 e. The molecule has 24 heavy (non-hydrogen) atoms. The van der Waals surface area contributed by atoms with Gasteiger partial charge in [-0.3, -0.25) is 0 Å². The van der Waals surface area contributed by atoms with E-state index in [9.17, 15) is 9.18 Å². The largest absolute Gasteiger partial charge is 0.336 e. The smallest absolute Gasteiger partial charge is 0.317 e. The Balaban J connectivity index is 1.75. The molecule has 0 spiro atoms. The fourth-order valence-electron chi connectivity index (χ4n) is 2.58. The number of urea groups is 1. The molecule has 1 unspecified atom stereocenters. The van der Waals surface area contributed by atoms with Gasteiger partial charge in [0.2, 0.25) is 11.5 Å². The van der Waals surface area contributed by atoms with Crippen LogP contribution in [0, 0.1) is 5.82 Å². The lowest BCUT2D eigenvalue weighted by Crippen LogP contribution is -2.42. The summed E-state index contributed by atoms with van der Waals surface area (Å²) in [4.78, 5) is 17.5. The van der Waals surface area contributed by atoms with E-state index in [1.165, 1.54) is 29.2 Å². The first-order valence-corrected chi connectivity index (χ1v) is 7.72. The van der Waals surface area contributed by atoms with E-state index in [1.54, 1.807) is 0 Å². The van der Waals surface area contributed by atoms with Crippen LogP contribution in [0.25, 0.3) is 11.4 Å². The number of aromatic nitrogens is 2. The highest BCUT2D eigenvalue weighted by molar-refractivity contribution is 5.75. The molecule has 128 valence electrons. The summed E-state index contributed by atoms with van der Waals surface area (Å²) in [6.07, 6.45) is 0.0869. The molecule has 3 rings (SSSR count). The van der Waals surface area contributed by atoms with Crippen molar-refractivity contribution in [3.05, 3.63) is 36.0 Å². The van der Waals surface area contributed by atoms with Crippen LogP contribution in [0.1, 0.15) is 26.2 Å². The molecule has 0 radical (unpaired) electrons. The maximum atomic E-state index is 15.1. The SMILES string of the molecule is CC(C)NC(=O)N1CCC(F)(c2nc(-c3ccc(F)cc3)no2)C1. The number of halogens is 2. The highest BCUT2D eigenvalue weighted by atomic mass is 19.1. The number of likely N-dealkylation sites (tertiary alicyclic amines) is 1. The third-order valence-corrected chi connectivity index (χ3v) is 3.83. The summed E-state index contributed by atoms with van der Waals surface area (Å²) in [5.74, 6) is -0.360. The zero-order valence-electron chi connectivity index (χ0n) is 13.4. The van der Waals surface area contributed by atoms with Crippen LogP contribution in [0.2, 0.25) is 0 Å². The van der Waals surface area contributed by atoms with E-state index in [0.29, 0.717) is 5.56 Å². The molecule has 1 saturated heterocycles. The topological polar surface area (TPSA) is 71.3 Å². The Kier molecular flexibility index (Phi) is 4.21. The number of alkyl halides is 1. The van der Waals surface area contributed by atoms with Gasteiger partial charge in [-0.15, -0.1) is 0 Å². The zero-order valence-corrected chi connectivity index (χ0v) is 13.4. The van der Waals surface area contributed by atoms with Crippen molar-refractivity contribution >= 4 is 6.03 Å². The lowest BCUT2D eigenvalue weighted by Gasteiger charge is -2.20. The molecule has 6 nitrogen and oxygen atoms in total. The predicted octanol–water partition coefficient (Wildman–Crippen LogP) is 2.86. The van der Waals surface area contributed by atoms with Crippen molar-refractivity contribution in [2.75, 3.05) is 13.1 Å². The maximum Gasteiger partial charge on any atom is 0.317 e. The van der Waals surface area contributed by atoms with Gasteiger partial charge in [0.1, 0.15) is 5.82 Å². The van der Waals surface area contributed by atoms with Crippen LogP contribution in [0.4, 0.5) is 13.6 Å². The van der Waals surface area contributed by atoms with E-state index < -0.39 is 5.67 Å². The van der Waals surface area contributed by atoms with Crippen molar-refractivity contribution in [2.24, 2.45) is 0 Å². The number of amides is 2. The average molecular weight is 336 g/mol. The third-order valence-electron chi connectivity index (χ3n) is 3.83. The minimum atomic E-state index is -1.88. The van der Waals surface area contributed by atoms with Gasteiger partial charge in [0.05, 0.1) is 6.54 Å². The van der Waals surface area contributed by atoms with Crippen molar-refractivity contribution in [1.82, 2.24) is 20.4 Å². The summed E-state index contributed by atoms with van der Waals surface area (Å²) in [5.41, 5.74) is -1.35. The van der Waals surface area contributed by atoms with E-state index in [2.05, 4.69) is 15.5 Å². The van der Waals surface area contributed by atoms with Gasteiger partial charge >= 0.3 is 6.03 Å². The highest BCUT2D eigenvalue weighted by Crippen LogP contribution is 2.36. The molecule has 0 saturated carbocycles. The molecular weight excluding hydrogens is 318 g/mol. The molecule has 1 aliphatic heterocycles. The van der Waals surface area contributed by atoms with E-state index in [4.69, 9.17) is 4.52 Å². The summed E-state index contributed by atoms with van der Waals surface area (Å²) < 4.78 is 33.1. The standard InChI is InChI=1S/C16H18F2N4O2/c1-10(2)19-15(23)22-8-7-16(18,9-22)14-20-13(21-24-14)11-3-5-12(17)6-4-11/h3-6,10H,7-9H2,1-2H3,(H,19,23). The van der Waals surface area contributed by atoms with Crippen LogP contribution < -0.4 is 5.32 Å². The third kappa shape index (κ3) is 3.22. The van der Waals surface area contributed by atoms with Crippen LogP contribution in [-0.4, -0.2) is 40.2 Å². The lowest BCUT2D eigenvalue weighted by molar-refractivity contribution is 0.119. The van der Waals surface area contributed by atoms with Gasteiger partial charge in [0, 0.05) is 24.6 Å². The van der Waals surface area contributed by atoms with Gasteiger partial charge in [0.25, 0.3) is 5.89 Å². The molecule has 2 aromatic rings. The van der Waals surface area contributed by atoms with Gasteiger partial charge in [-0.25, -0.2) is 13.6 Å². The molecule has 1 N–H and O–H groups in total. The Morgan fingerprint density at radius 3 is 2.75 bits per heavy atom. The second-order valence-electron chi connectivity index (χ2n) is 6.17. The summed E-state index contributed by atoms with van der Waals surface area (Å²) >= 11 is 0. The van der Waals surface area contributed by atoms with Crippen molar-refractivity contribution in [3.8, 4) is 11.4 Å². The average Bonchev–Trinajstić information content (AvgIpc) is 3.15. The summed E-state index contributed by atoms with van der Waals surface area (Å²) in [7, 11) is 0. The summed E-state index contributed by atoms with van der Waals surface area (Å²) in [5, 5.41) is 6.48. The van der Waals surface area contributed by atoms with Gasteiger partial charge in [0.15, 0.2) is 0 Å². The molecule has 2 heterocycles. The van der Waals surface area contributed by atoms with E-state index >= 15 is 4.39 Å². The first-order valence-electron chi connectivity index (χ1n) is 7.72. The van der Waals surface area contributed by atoms with E-state index in [1.807, 2.05) is 13.8 Å².